The summed E-state index contributed by atoms with van der Waals surface area (Å²) < 4.78 is 89.1. The maximum atomic E-state index is 13.3. The van der Waals surface area contributed by atoms with Gasteiger partial charge in [-0.1, -0.05) is 0 Å². The number of carbonyl (C=O) groups excluding carboxylic acids is 2. The van der Waals surface area contributed by atoms with E-state index in [1.54, 1.807) is 0 Å². The predicted octanol–water partition coefficient (Wildman–Crippen LogP) is 5.16. The minimum absolute atomic E-state index is 0.0985. The highest BCUT2D eigenvalue weighted by atomic mass is 19.4. The van der Waals surface area contributed by atoms with Crippen LogP contribution in [0.15, 0.2) is 36.4 Å². The fourth-order valence-electron chi connectivity index (χ4n) is 2.50. The number of ether oxygens (including phenoxy) is 2. The second kappa shape index (κ2) is 8.64. The molecule has 0 spiro atoms. The summed E-state index contributed by atoms with van der Waals surface area (Å²) >= 11 is 0. The molecule has 0 aliphatic heterocycles. The molecule has 0 unspecified atom stereocenters. The molecule has 30 heavy (non-hydrogen) atoms. The molecule has 0 saturated carbocycles. The first-order valence-electron chi connectivity index (χ1n) is 8.33. The van der Waals surface area contributed by atoms with Gasteiger partial charge in [-0.2, -0.15) is 26.3 Å². The fourth-order valence-corrected chi connectivity index (χ4v) is 2.50. The molecule has 0 aliphatic rings. The summed E-state index contributed by atoms with van der Waals surface area (Å²) in [5.41, 5.74) is -4.06. The van der Waals surface area contributed by atoms with Crippen LogP contribution in [0.3, 0.4) is 0 Å². The van der Waals surface area contributed by atoms with Crippen molar-refractivity contribution >= 4 is 17.6 Å². The Kier molecular flexibility index (Phi) is 6.63. The minimum Gasteiger partial charge on any atom is -0.493 e. The van der Waals surface area contributed by atoms with Gasteiger partial charge in [-0.3, -0.25) is 4.79 Å². The quantitative estimate of drug-likeness (QED) is 0.521. The molecule has 5 nitrogen and oxygen atoms in total. The highest BCUT2D eigenvalue weighted by molar-refractivity contribution is 6.05. The second-order valence-corrected chi connectivity index (χ2v) is 5.85. The first-order chi connectivity index (χ1) is 13.9. The molecule has 2 rings (SSSR count). The Morgan fingerprint density at radius 2 is 1.37 bits per heavy atom. The van der Waals surface area contributed by atoms with Crippen molar-refractivity contribution in [1.29, 1.82) is 0 Å². The van der Waals surface area contributed by atoms with Gasteiger partial charge in [0.25, 0.3) is 5.91 Å². The third-order valence-electron chi connectivity index (χ3n) is 3.81. The van der Waals surface area contributed by atoms with Crippen molar-refractivity contribution in [1.82, 2.24) is 0 Å². The van der Waals surface area contributed by atoms with E-state index >= 15 is 0 Å². The maximum absolute atomic E-state index is 13.3. The van der Waals surface area contributed by atoms with E-state index in [2.05, 4.69) is 9.47 Å². The normalized spacial score (nSPS) is 11.7. The Morgan fingerprint density at radius 1 is 0.900 bits per heavy atom. The number of nitrogens with one attached hydrogen (secondary N) is 1. The van der Waals surface area contributed by atoms with Crippen molar-refractivity contribution in [2.75, 3.05) is 19.0 Å². The Morgan fingerprint density at radius 3 is 1.77 bits per heavy atom. The number of carbonyl (C=O) groups is 2. The van der Waals surface area contributed by atoms with Gasteiger partial charge in [0.15, 0.2) is 0 Å². The number of esters is 1. The molecule has 0 aliphatic carbocycles. The molecule has 0 heterocycles. The molecule has 2 aromatic carbocycles. The molecule has 1 amide bonds. The van der Waals surface area contributed by atoms with Gasteiger partial charge < -0.3 is 14.8 Å². The number of alkyl halides is 6. The molecular weight excluding hydrogens is 420 g/mol. The Hall–Kier alpha value is -3.24. The molecule has 0 radical (unpaired) electrons. The second-order valence-electron chi connectivity index (χ2n) is 5.85. The lowest BCUT2D eigenvalue weighted by atomic mass is 10.1. The van der Waals surface area contributed by atoms with Crippen molar-refractivity contribution in [3.05, 3.63) is 58.7 Å². The van der Waals surface area contributed by atoms with Gasteiger partial charge in [-0.15, -0.1) is 0 Å². The van der Waals surface area contributed by atoms with E-state index in [4.69, 9.17) is 0 Å². The number of rotatable bonds is 5. The van der Waals surface area contributed by atoms with Gasteiger partial charge in [0.2, 0.25) is 0 Å². The summed E-state index contributed by atoms with van der Waals surface area (Å²) in [5, 5.41) is 2.00. The summed E-state index contributed by atoms with van der Waals surface area (Å²) in [7, 11) is 1.14. The van der Waals surface area contributed by atoms with E-state index in [1.165, 1.54) is 31.2 Å². The number of amides is 1. The van der Waals surface area contributed by atoms with E-state index in [0.29, 0.717) is 12.1 Å². The van der Waals surface area contributed by atoms with Crippen molar-refractivity contribution in [3.63, 3.8) is 0 Å². The van der Waals surface area contributed by atoms with Crippen LogP contribution in [0, 0.1) is 0 Å². The number of methoxy groups -OCH3 is 1. The van der Waals surface area contributed by atoms with Crippen molar-refractivity contribution < 1.29 is 45.4 Å². The van der Waals surface area contributed by atoms with Crippen LogP contribution < -0.4 is 10.1 Å². The molecule has 0 atom stereocenters. The van der Waals surface area contributed by atoms with Gasteiger partial charge in [-0.25, -0.2) is 4.79 Å². The first-order valence-corrected chi connectivity index (χ1v) is 8.33. The molecule has 2 aromatic rings. The zero-order chi connectivity index (χ0) is 22.7. The van der Waals surface area contributed by atoms with E-state index in [-0.39, 0.29) is 11.1 Å². The number of hydrogen-bond acceptors (Lipinski definition) is 4. The lowest BCUT2D eigenvalue weighted by Crippen LogP contribution is -2.18. The van der Waals surface area contributed by atoms with Crippen molar-refractivity contribution in [2.45, 2.75) is 19.3 Å². The van der Waals surface area contributed by atoms with Crippen LogP contribution in [-0.2, 0) is 17.1 Å². The molecule has 0 aromatic heterocycles. The van der Waals surface area contributed by atoms with E-state index in [9.17, 15) is 35.9 Å². The molecule has 162 valence electrons. The highest BCUT2D eigenvalue weighted by Crippen LogP contribution is 2.46. The zero-order valence-electron chi connectivity index (χ0n) is 15.6. The van der Waals surface area contributed by atoms with Crippen LogP contribution in [0.1, 0.15) is 38.8 Å². The summed E-state index contributed by atoms with van der Waals surface area (Å²) in [6.07, 6.45) is -10.3. The fraction of sp³-hybridized carbons (Fsp3) is 0.263. The van der Waals surface area contributed by atoms with E-state index in [1.807, 2.05) is 5.32 Å². The topological polar surface area (TPSA) is 64.6 Å². The molecule has 0 saturated heterocycles. The van der Waals surface area contributed by atoms with Crippen LogP contribution in [0.4, 0.5) is 32.0 Å². The zero-order valence-corrected chi connectivity index (χ0v) is 15.6. The lowest BCUT2D eigenvalue weighted by Gasteiger charge is -2.20. The third-order valence-corrected chi connectivity index (χ3v) is 3.81. The van der Waals surface area contributed by atoms with Crippen LogP contribution in [0.2, 0.25) is 0 Å². The standard InChI is InChI=1S/C19H15F6NO4/c1-3-30-15-13(18(20,21)22)8-12(9-14(15)19(23,24)25)26-16(27)10-4-6-11(7-5-10)17(28)29-2/h4-9H,3H2,1-2H3,(H,26,27). The van der Waals surface area contributed by atoms with E-state index < -0.39 is 53.4 Å². The summed E-state index contributed by atoms with van der Waals surface area (Å²) in [6.45, 7) is 0.818. The SMILES string of the molecule is CCOc1c(C(F)(F)F)cc(NC(=O)c2ccc(C(=O)OC)cc2)cc1C(F)(F)F. The Balaban J connectivity index is 2.46. The molecule has 0 fully saturated rings. The minimum atomic E-state index is -5.16. The number of anilines is 1. The predicted molar refractivity (Wildman–Crippen MR) is 93.3 cm³/mol. The lowest BCUT2D eigenvalue weighted by molar-refractivity contribution is -0.145. The van der Waals surface area contributed by atoms with Crippen molar-refractivity contribution in [3.8, 4) is 5.75 Å². The monoisotopic (exact) mass is 435 g/mol. The van der Waals surface area contributed by atoms with Crippen LogP contribution in [-0.4, -0.2) is 25.6 Å². The van der Waals surface area contributed by atoms with E-state index in [0.717, 1.165) is 7.11 Å². The van der Waals surface area contributed by atoms with Crippen LogP contribution >= 0.6 is 0 Å². The number of hydrogen-bond donors (Lipinski definition) is 1. The van der Waals surface area contributed by atoms with Gasteiger partial charge in [0.1, 0.15) is 16.9 Å². The van der Waals surface area contributed by atoms with Gasteiger partial charge in [-0.05, 0) is 43.3 Å². The summed E-state index contributed by atoms with van der Waals surface area (Å²) in [6, 6.07) is 5.52. The van der Waals surface area contributed by atoms with Crippen LogP contribution in [0.5, 0.6) is 5.75 Å². The largest absolute Gasteiger partial charge is 0.493 e. The average molecular weight is 435 g/mol. The smallest absolute Gasteiger partial charge is 0.420 e. The van der Waals surface area contributed by atoms with Crippen LogP contribution in [0.25, 0.3) is 0 Å². The maximum Gasteiger partial charge on any atom is 0.420 e. The highest BCUT2D eigenvalue weighted by Gasteiger charge is 2.42. The van der Waals surface area contributed by atoms with Crippen molar-refractivity contribution in [2.24, 2.45) is 0 Å². The Bertz CT molecular complexity index is 901. The van der Waals surface area contributed by atoms with Gasteiger partial charge in [0, 0.05) is 11.3 Å². The number of benzene rings is 2. The average Bonchev–Trinajstić information content (AvgIpc) is 2.66. The summed E-state index contributed by atoms with van der Waals surface area (Å²) in [5.74, 6) is -3.02. The molecule has 11 heteroatoms. The third kappa shape index (κ3) is 5.22. The molecule has 1 N–H and O–H groups in total. The summed E-state index contributed by atoms with van der Waals surface area (Å²) in [4.78, 5) is 23.7. The number of halogens is 6. The van der Waals surface area contributed by atoms with Gasteiger partial charge in [0.05, 0.1) is 19.3 Å². The Labute approximate surface area is 166 Å². The first kappa shape index (κ1) is 23.0. The molecular formula is C19H15F6NO4. The van der Waals surface area contributed by atoms with Gasteiger partial charge >= 0.3 is 18.3 Å². The molecule has 0 bridgehead atoms.